The highest BCUT2D eigenvalue weighted by Gasteiger charge is 2.38. The smallest absolute Gasteiger partial charge is 0.221 e. The predicted molar refractivity (Wildman–Crippen MR) is 85.8 cm³/mol. The summed E-state index contributed by atoms with van der Waals surface area (Å²) >= 11 is 2.03. The van der Waals surface area contributed by atoms with Gasteiger partial charge in [-0.15, -0.1) is 0 Å². The number of ether oxygens (including phenoxy) is 2. The number of nitrogens with one attached hydrogen (secondary N) is 2. The van der Waals surface area contributed by atoms with Crippen LogP contribution in [0.4, 0.5) is 0 Å². The summed E-state index contributed by atoms with van der Waals surface area (Å²) in [6.45, 7) is 2.75. The highest BCUT2D eigenvalue weighted by Crippen LogP contribution is 2.37. The van der Waals surface area contributed by atoms with Crippen LogP contribution in [0.5, 0.6) is 0 Å². The van der Waals surface area contributed by atoms with Gasteiger partial charge >= 0.3 is 0 Å². The van der Waals surface area contributed by atoms with E-state index in [0.717, 1.165) is 26.0 Å². The van der Waals surface area contributed by atoms with E-state index < -0.39 is 0 Å². The molecular weight excluding hydrogens is 288 g/mol. The van der Waals surface area contributed by atoms with Gasteiger partial charge in [-0.1, -0.05) is 0 Å². The summed E-state index contributed by atoms with van der Waals surface area (Å²) in [6, 6.07) is 0.494. The number of hydrogen-bond donors (Lipinski definition) is 2. The first-order valence-electron chi connectivity index (χ1n) is 7.95. The molecule has 21 heavy (non-hydrogen) atoms. The van der Waals surface area contributed by atoms with Gasteiger partial charge in [0.2, 0.25) is 5.91 Å². The molecular formula is C15H28N2O3S. The average molecular weight is 316 g/mol. The standard InChI is InChI=1S/C15H28N2O3S/c1-19-9-7-17-14(18)2-6-16-13-3-8-20-15(12-13)4-10-21-11-5-15/h13,16H,2-12H2,1H3,(H,17,18). The van der Waals surface area contributed by atoms with E-state index in [0.29, 0.717) is 25.6 Å². The molecule has 5 nitrogen and oxygen atoms in total. The Hall–Kier alpha value is -0.300. The molecule has 0 bridgehead atoms. The number of amides is 1. The third-order valence-electron chi connectivity index (χ3n) is 4.31. The van der Waals surface area contributed by atoms with Gasteiger partial charge in [0.25, 0.3) is 0 Å². The van der Waals surface area contributed by atoms with Gasteiger partial charge in [-0.2, -0.15) is 11.8 Å². The molecule has 2 aliphatic heterocycles. The summed E-state index contributed by atoms with van der Waals surface area (Å²) in [5.74, 6) is 2.53. The number of carbonyl (C=O) groups excluding carboxylic acids is 1. The molecule has 2 rings (SSSR count). The van der Waals surface area contributed by atoms with E-state index >= 15 is 0 Å². The van der Waals surface area contributed by atoms with E-state index in [4.69, 9.17) is 9.47 Å². The van der Waals surface area contributed by atoms with Crippen molar-refractivity contribution in [3.63, 3.8) is 0 Å². The van der Waals surface area contributed by atoms with E-state index in [1.807, 2.05) is 11.8 Å². The lowest BCUT2D eigenvalue weighted by molar-refractivity contribution is -0.121. The first kappa shape index (κ1) is 17.1. The van der Waals surface area contributed by atoms with Crippen LogP contribution in [-0.2, 0) is 14.3 Å². The van der Waals surface area contributed by atoms with Gasteiger partial charge in [-0.25, -0.2) is 0 Å². The zero-order valence-electron chi connectivity index (χ0n) is 13.0. The van der Waals surface area contributed by atoms with Crippen LogP contribution in [0.3, 0.4) is 0 Å². The van der Waals surface area contributed by atoms with Crippen LogP contribution >= 0.6 is 11.8 Å². The summed E-state index contributed by atoms with van der Waals surface area (Å²) in [7, 11) is 1.64. The Morgan fingerprint density at radius 2 is 2.19 bits per heavy atom. The quantitative estimate of drug-likeness (QED) is 0.691. The van der Waals surface area contributed by atoms with Crippen LogP contribution in [-0.4, -0.2) is 62.5 Å². The fourth-order valence-electron chi connectivity index (χ4n) is 3.06. The Bertz CT molecular complexity index is 317. The molecule has 1 unspecified atom stereocenters. The third-order valence-corrected chi connectivity index (χ3v) is 5.30. The fourth-order valence-corrected chi connectivity index (χ4v) is 4.30. The first-order chi connectivity index (χ1) is 10.2. The summed E-state index contributed by atoms with van der Waals surface area (Å²) < 4.78 is 11.0. The Labute approximate surface area is 131 Å². The minimum atomic E-state index is 0.0930. The maximum Gasteiger partial charge on any atom is 0.221 e. The zero-order valence-corrected chi connectivity index (χ0v) is 13.8. The molecule has 6 heteroatoms. The molecule has 0 radical (unpaired) electrons. The molecule has 1 amide bonds. The minimum Gasteiger partial charge on any atom is -0.383 e. The lowest BCUT2D eigenvalue weighted by Crippen LogP contribution is -2.49. The summed E-state index contributed by atoms with van der Waals surface area (Å²) in [5.41, 5.74) is 0.113. The van der Waals surface area contributed by atoms with E-state index in [9.17, 15) is 4.79 Å². The van der Waals surface area contributed by atoms with Gasteiger partial charge in [-0.05, 0) is 37.2 Å². The van der Waals surface area contributed by atoms with E-state index in [1.165, 1.54) is 24.3 Å². The van der Waals surface area contributed by atoms with E-state index in [1.54, 1.807) is 7.11 Å². The third kappa shape index (κ3) is 5.77. The Morgan fingerprint density at radius 3 is 2.95 bits per heavy atom. The molecule has 2 heterocycles. The van der Waals surface area contributed by atoms with Crippen molar-refractivity contribution < 1.29 is 14.3 Å². The van der Waals surface area contributed by atoms with Crippen molar-refractivity contribution in [2.24, 2.45) is 0 Å². The van der Waals surface area contributed by atoms with Gasteiger partial charge < -0.3 is 20.1 Å². The lowest BCUT2D eigenvalue weighted by Gasteiger charge is -2.43. The molecule has 2 fully saturated rings. The van der Waals surface area contributed by atoms with E-state index in [2.05, 4.69) is 10.6 Å². The first-order valence-corrected chi connectivity index (χ1v) is 9.10. The molecule has 2 aliphatic rings. The van der Waals surface area contributed by atoms with Crippen molar-refractivity contribution in [1.82, 2.24) is 10.6 Å². The van der Waals surface area contributed by atoms with Gasteiger partial charge in [-0.3, -0.25) is 4.79 Å². The largest absolute Gasteiger partial charge is 0.383 e. The lowest BCUT2D eigenvalue weighted by atomic mass is 9.85. The van der Waals surface area contributed by atoms with Gasteiger partial charge in [0.05, 0.1) is 12.2 Å². The summed E-state index contributed by atoms with van der Waals surface area (Å²) in [5, 5.41) is 6.38. The number of hydrogen-bond acceptors (Lipinski definition) is 5. The zero-order chi connectivity index (χ0) is 15.0. The molecule has 2 saturated heterocycles. The maximum atomic E-state index is 11.6. The van der Waals surface area contributed by atoms with Crippen LogP contribution < -0.4 is 10.6 Å². The Balaban J connectivity index is 1.63. The molecule has 1 atom stereocenters. The normalized spacial score (nSPS) is 24.9. The van der Waals surface area contributed by atoms with Crippen molar-refractivity contribution in [3.05, 3.63) is 0 Å². The van der Waals surface area contributed by atoms with Crippen molar-refractivity contribution in [1.29, 1.82) is 0 Å². The summed E-state index contributed by atoms with van der Waals surface area (Å²) in [6.07, 6.45) is 5.03. The predicted octanol–water partition coefficient (Wildman–Crippen LogP) is 1.17. The maximum absolute atomic E-state index is 11.6. The number of methoxy groups -OCH3 is 1. The monoisotopic (exact) mass is 316 g/mol. The topological polar surface area (TPSA) is 59.6 Å². The van der Waals surface area contributed by atoms with Crippen LogP contribution in [0.2, 0.25) is 0 Å². The highest BCUT2D eigenvalue weighted by atomic mass is 32.2. The molecule has 122 valence electrons. The number of carbonyl (C=O) groups is 1. The molecule has 1 spiro atoms. The van der Waals surface area contributed by atoms with Crippen molar-refractivity contribution in [2.45, 2.75) is 43.7 Å². The van der Waals surface area contributed by atoms with Crippen molar-refractivity contribution >= 4 is 17.7 Å². The SMILES string of the molecule is COCCNC(=O)CCNC1CCOC2(CCSCC2)C1. The van der Waals surface area contributed by atoms with Crippen LogP contribution in [0.1, 0.15) is 32.1 Å². The fraction of sp³-hybridized carbons (Fsp3) is 0.933. The second kappa shape index (κ2) is 8.98. The average Bonchev–Trinajstić information content (AvgIpc) is 2.48. The summed E-state index contributed by atoms with van der Waals surface area (Å²) in [4.78, 5) is 11.6. The molecule has 0 saturated carbocycles. The van der Waals surface area contributed by atoms with Crippen LogP contribution in [0.25, 0.3) is 0 Å². The molecule has 0 aromatic carbocycles. The number of thioether (sulfide) groups is 1. The molecule has 0 aromatic rings. The van der Waals surface area contributed by atoms with Gasteiger partial charge in [0.1, 0.15) is 0 Å². The minimum absolute atomic E-state index is 0.0930. The van der Waals surface area contributed by atoms with Crippen LogP contribution in [0.15, 0.2) is 0 Å². The van der Waals surface area contributed by atoms with Gasteiger partial charge in [0, 0.05) is 39.3 Å². The number of rotatable bonds is 7. The van der Waals surface area contributed by atoms with Crippen LogP contribution in [0, 0.1) is 0 Å². The van der Waals surface area contributed by atoms with Gasteiger partial charge in [0.15, 0.2) is 0 Å². The highest BCUT2D eigenvalue weighted by molar-refractivity contribution is 7.99. The Kier molecular flexibility index (Phi) is 7.29. The molecule has 0 aliphatic carbocycles. The molecule has 2 N–H and O–H groups in total. The second-order valence-corrected chi connectivity index (χ2v) is 7.11. The molecule has 0 aromatic heterocycles. The van der Waals surface area contributed by atoms with E-state index in [-0.39, 0.29) is 11.5 Å². The van der Waals surface area contributed by atoms with Crippen molar-refractivity contribution in [3.8, 4) is 0 Å². The second-order valence-electron chi connectivity index (χ2n) is 5.88. The Morgan fingerprint density at radius 1 is 1.38 bits per heavy atom. The van der Waals surface area contributed by atoms with Crippen molar-refractivity contribution in [2.75, 3.05) is 44.9 Å².